The van der Waals surface area contributed by atoms with Crippen LogP contribution in [0.5, 0.6) is 5.75 Å². The molecule has 0 bridgehead atoms. The summed E-state index contributed by atoms with van der Waals surface area (Å²) in [5, 5.41) is 0. The molecule has 2 aliphatic rings. The van der Waals surface area contributed by atoms with Gasteiger partial charge in [-0.25, -0.2) is 5.43 Å². The number of hydrazine groups is 1. The van der Waals surface area contributed by atoms with Gasteiger partial charge >= 0.3 is 0 Å². The maximum atomic E-state index is 12.0. The number of rotatable bonds is 3. The van der Waals surface area contributed by atoms with E-state index < -0.39 is 0 Å². The van der Waals surface area contributed by atoms with E-state index in [1.54, 1.807) is 7.05 Å². The van der Waals surface area contributed by atoms with Crippen LogP contribution < -0.4 is 15.6 Å². The molecule has 0 saturated heterocycles. The Morgan fingerprint density at radius 3 is 2.94 bits per heavy atom. The zero-order valence-electron chi connectivity index (χ0n) is 9.88. The summed E-state index contributed by atoms with van der Waals surface area (Å²) in [6.07, 6.45) is 2.81. The van der Waals surface area contributed by atoms with Gasteiger partial charge in [0, 0.05) is 13.5 Å². The first-order valence-corrected chi connectivity index (χ1v) is 6.00. The van der Waals surface area contributed by atoms with Crippen molar-refractivity contribution in [2.75, 3.05) is 13.7 Å². The molecule has 4 heteroatoms. The molecule has 0 radical (unpaired) electrons. The number of benzene rings is 1. The minimum Gasteiger partial charge on any atom is -0.493 e. The Labute approximate surface area is 100 Å². The third-order valence-corrected chi connectivity index (χ3v) is 3.67. The van der Waals surface area contributed by atoms with Crippen LogP contribution in [0.1, 0.15) is 24.0 Å². The zero-order valence-corrected chi connectivity index (χ0v) is 9.88. The van der Waals surface area contributed by atoms with Crippen molar-refractivity contribution in [3.05, 3.63) is 29.3 Å². The molecule has 3 rings (SSSR count). The highest BCUT2D eigenvalue weighted by Gasteiger charge is 2.51. The van der Waals surface area contributed by atoms with Crippen LogP contribution >= 0.6 is 0 Å². The summed E-state index contributed by atoms with van der Waals surface area (Å²) in [5.41, 5.74) is 7.45. The Bertz CT molecular complexity index is 466. The number of fused-ring (bicyclic) bond motifs is 1. The largest absolute Gasteiger partial charge is 0.493 e. The van der Waals surface area contributed by atoms with E-state index in [9.17, 15) is 4.79 Å². The van der Waals surface area contributed by atoms with E-state index in [0.717, 1.165) is 37.2 Å². The molecule has 1 amide bonds. The molecule has 1 aromatic carbocycles. The minimum absolute atomic E-state index is 0.0684. The van der Waals surface area contributed by atoms with Gasteiger partial charge in [0.25, 0.3) is 0 Å². The Morgan fingerprint density at radius 2 is 2.24 bits per heavy atom. The van der Waals surface area contributed by atoms with Crippen molar-refractivity contribution in [1.82, 2.24) is 10.9 Å². The van der Waals surface area contributed by atoms with Crippen LogP contribution in [0, 0.1) is 0 Å². The summed E-state index contributed by atoms with van der Waals surface area (Å²) in [4.78, 5) is 12.0. The van der Waals surface area contributed by atoms with Gasteiger partial charge in [-0.15, -0.1) is 0 Å². The van der Waals surface area contributed by atoms with E-state index in [-0.39, 0.29) is 11.3 Å². The summed E-state index contributed by atoms with van der Waals surface area (Å²) >= 11 is 0. The molecule has 17 heavy (non-hydrogen) atoms. The van der Waals surface area contributed by atoms with Crippen molar-refractivity contribution in [1.29, 1.82) is 0 Å². The van der Waals surface area contributed by atoms with Gasteiger partial charge in [-0.1, -0.05) is 12.1 Å². The van der Waals surface area contributed by atoms with Crippen LogP contribution in [0.15, 0.2) is 18.2 Å². The lowest BCUT2D eigenvalue weighted by Crippen LogP contribution is -2.41. The maximum Gasteiger partial charge on any atom is 0.244 e. The smallest absolute Gasteiger partial charge is 0.244 e. The average molecular weight is 232 g/mol. The van der Waals surface area contributed by atoms with Crippen molar-refractivity contribution in [3.8, 4) is 5.75 Å². The third-order valence-electron chi connectivity index (χ3n) is 3.67. The molecular weight excluding hydrogens is 216 g/mol. The molecular formula is C13H16N2O2. The SMILES string of the molecule is CNNC(=O)C1(c2ccc3c(c2)CCO3)CC1. The first kappa shape index (κ1) is 10.6. The summed E-state index contributed by atoms with van der Waals surface area (Å²) in [7, 11) is 1.71. The van der Waals surface area contributed by atoms with Crippen molar-refractivity contribution < 1.29 is 9.53 Å². The first-order chi connectivity index (χ1) is 8.26. The van der Waals surface area contributed by atoms with E-state index in [4.69, 9.17) is 4.74 Å². The predicted molar refractivity (Wildman–Crippen MR) is 63.8 cm³/mol. The number of hydrogen-bond acceptors (Lipinski definition) is 3. The van der Waals surface area contributed by atoms with Crippen LogP contribution in [-0.4, -0.2) is 19.6 Å². The van der Waals surface area contributed by atoms with Crippen LogP contribution in [0.4, 0.5) is 0 Å². The summed E-state index contributed by atoms with van der Waals surface area (Å²) < 4.78 is 5.48. The fraction of sp³-hybridized carbons (Fsp3) is 0.462. The molecule has 1 heterocycles. The van der Waals surface area contributed by atoms with E-state index in [1.807, 2.05) is 12.1 Å². The second-order valence-electron chi connectivity index (χ2n) is 4.71. The Hall–Kier alpha value is -1.55. The molecule has 1 aliphatic heterocycles. The lowest BCUT2D eigenvalue weighted by atomic mass is 9.93. The monoisotopic (exact) mass is 232 g/mol. The van der Waals surface area contributed by atoms with E-state index in [0.29, 0.717) is 0 Å². The Balaban J connectivity index is 1.91. The molecule has 1 aliphatic carbocycles. The number of carbonyl (C=O) groups excluding carboxylic acids is 1. The molecule has 0 spiro atoms. The fourth-order valence-corrected chi connectivity index (χ4v) is 2.49. The van der Waals surface area contributed by atoms with Crippen molar-refractivity contribution in [2.24, 2.45) is 0 Å². The zero-order chi connectivity index (χ0) is 11.9. The highest BCUT2D eigenvalue weighted by molar-refractivity contribution is 5.91. The van der Waals surface area contributed by atoms with Crippen LogP contribution in [-0.2, 0) is 16.6 Å². The van der Waals surface area contributed by atoms with Crippen molar-refractivity contribution in [2.45, 2.75) is 24.7 Å². The third kappa shape index (κ3) is 1.60. The molecule has 0 aromatic heterocycles. The Kier molecular flexibility index (Phi) is 2.33. The van der Waals surface area contributed by atoms with E-state index in [1.165, 1.54) is 5.56 Å². The highest BCUT2D eigenvalue weighted by Crippen LogP contribution is 2.49. The van der Waals surface area contributed by atoms with E-state index in [2.05, 4.69) is 16.9 Å². The number of ether oxygens (including phenoxy) is 1. The van der Waals surface area contributed by atoms with E-state index >= 15 is 0 Å². The fourth-order valence-electron chi connectivity index (χ4n) is 2.49. The van der Waals surface area contributed by atoms with Gasteiger partial charge in [-0.2, -0.15) is 0 Å². The van der Waals surface area contributed by atoms with Gasteiger partial charge in [0.1, 0.15) is 5.75 Å². The maximum absolute atomic E-state index is 12.0. The summed E-state index contributed by atoms with van der Waals surface area (Å²) in [5.74, 6) is 1.04. The molecule has 0 atom stereocenters. The first-order valence-electron chi connectivity index (χ1n) is 6.00. The van der Waals surface area contributed by atoms with Gasteiger partial charge in [-0.3, -0.25) is 10.2 Å². The number of hydrogen-bond donors (Lipinski definition) is 2. The average Bonchev–Trinajstić information content (AvgIpc) is 3.02. The van der Waals surface area contributed by atoms with Crippen LogP contribution in [0.2, 0.25) is 0 Å². The van der Waals surface area contributed by atoms with Crippen LogP contribution in [0.25, 0.3) is 0 Å². The van der Waals surface area contributed by atoms with Gasteiger partial charge < -0.3 is 4.74 Å². The second kappa shape index (κ2) is 3.74. The Morgan fingerprint density at radius 1 is 1.41 bits per heavy atom. The normalized spacial score (nSPS) is 19.4. The quantitative estimate of drug-likeness (QED) is 0.761. The topological polar surface area (TPSA) is 50.4 Å². The van der Waals surface area contributed by atoms with Gasteiger partial charge in [0.15, 0.2) is 0 Å². The van der Waals surface area contributed by atoms with Crippen molar-refractivity contribution >= 4 is 5.91 Å². The van der Waals surface area contributed by atoms with Gasteiger partial charge in [0.05, 0.1) is 12.0 Å². The lowest BCUT2D eigenvalue weighted by molar-refractivity contribution is -0.124. The van der Waals surface area contributed by atoms with Crippen molar-refractivity contribution in [3.63, 3.8) is 0 Å². The standard InChI is InChI=1S/C13H16N2O2/c1-14-15-12(16)13(5-6-13)10-2-3-11-9(8-10)4-7-17-11/h2-3,8,14H,4-7H2,1H3,(H,15,16). The molecule has 2 N–H and O–H groups in total. The number of carbonyl (C=O) groups is 1. The van der Waals surface area contributed by atoms with Gasteiger partial charge in [0.2, 0.25) is 5.91 Å². The second-order valence-corrected chi connectivity index (χ2v) is 4.71. The minimum atomic E-state index is -0.305. The molecule has 1 saturated carbocycles. The van der Waals surface area contributed by atoms with Crippen LogP contribution in [0.3, 0.4) is 0 Å². The highest BCUT2D eigenvalue weighted by atomic mass is 16.5. The molecule has 0 unspecified atom stereocenters. The lowest BCUT2D eigenvalue weighted by Gasteiger charge is -2.15. The number of amides is 1. The molecule has 90 valence electrons. The number of nitrogens with one attached hydrogen (secondary N) is 2. The summed E-state index contributed by atoms with van der Waals surface area (Å²) in [6.45, 7) is 0.758. The molecule has 1 aromatic rings. The molecule has 1 fully saturated rings. The predicted octanol–water partition coefficient (Wildman–Crippen LogP) is 0.904. The summed E-state index contributed by atoms with van der Waals surface area (Å²) in [6, 6.07) is 6.14. The van der Waals surface area contributed by atoms with Gasteiger partial charge in [-0.05, 0) is 30.0 Å². The molecule has 4 nitrogen and oxygen atoms in total.